The molecule has 9 heteroatoms. The lowest BCUT2D eigenvalue weighted by molar-refractivity contribution is -0.153. The second-order valence-corrected chi connectivity index (χ2v) is 6.06. The number of alkyl halides is 3. The first-order valence-electron chi connectivity index (χ1n) is 8.06. The summed E-state index contributed by atoms with van der Waals surface area (Å²) in [7, 11) is 1.86. The number of rotatable bonds is 4. The first-order valence-corrected chi connectivity index (χ1v) is 8.06. The van der Waals surface area contributed by atoms with Crippen LogP contribution in [0.5, 0.6) is 0 Å². The third-order valence-corrected chi connectivity index (χ3v) is 4.40. The van der Waals surface area contributed by atoms with E-state index in [0.717, 1.165) is 17.1 Å². The number of halogens is 3. The van der Waals surface area contributed by atoms with E-state index in [0.29, 0.717) is 10.9 Å². The summed E-state index contributed by atoms with van der Waals surface area (Å²) < 4.78 is 40.6. The fourth-order valence-corrected chi connectivity index (χ4v) is 2.76. The summed E-state index contributed by atoms with van der Waals surface area (Å²) >= 11 is 0. The summed E-state index contributed by atoms with van der Waals surface area (Å²) in [4.78, 5) is 16.6. The standard InChI is InChI=1S/C17H18F3N5O/c1-4-14(17(18,19)20)22-16(26)15-11-7-10(5-6-12(11)23-24-15)13-8-21-9(2)25(13)3/h5-8,14H,4H2,1-3H3,(H,22,26)(H,23,24)/t14-/m0/s1. The minimum atomic E-state index is -4.51. The lowest BCUT2D eigenvalue weighted by atomic mass is 10.1. The maximum absolute atomic E-state index is 12.9. The number of fused-ring (bicyclic) bond motifs is 1. The van der Waals surface area contributed by atoms with E-state index in [1.165, 1.54) is 6.92 Å². The lowest BCUT2D eigenvalue weighted by Crippen LogP contribution is -2.45. The van der Waals surface area contributed by atoms with Gasteiger partial charge in [-0.2, -0.15) is 18.3 Å². The van der Waals surface area contributed by atoms with Crippen molar-refractivity contribution in [2.24, 2.45) is 7.05 Å². The molecule has 0 radical (unpaired) electrons. The molecule has 0 spiro atoms. The fraction of sp³-hybridized carbons (Fsp3) is 0.353. The number of hydrogen-bond donors (Lipinski definition) is 2. The van der Waals surface area contributed by atoms with Gasteiger partial charge in [0.25, 0.3) is 5.91 Å². The van der Waals surface area contributed by atoms with Crippen molar-refractivity contribution < 1.29 is 18.0 Å². The summed E-state index contributed by atoms with van der Waals surface area (Å²) in [6, 6.07) is 3.38. The molecule has 0 aliphatic heterocycles. The van der Waals surface area contributed by atoms with E-state index in [1.54, 1.807) is 18.3 Å². The number of H-pyrrole nitrogens is 1. The van der Waals surface area contributed by atoms with Crippen molar-refractivity contribution in [1.82, 2.24) is 25.1 Å². The van der Waals surface area contributed by atoms with Crippen molar-refractivity contribution in [3.05, 3.63) is 35.9 Å². The smallest absolute Gasteiger partial charge is 0.339 e. The number of benzene rings is 1. The topological polar surface area (TPSA) is 75.6 Å². The van der Waals surface area contributed by atoms with E-state index >= 15 is 0 Å². The highest BCUT2D eigenvalue weighted by Gasteiger charge is 2.39. The van der Waals surface area contributed by atoms with Gasteiger partial charge in [0.2, 0.25) is 0 Å². The van der Waals surface area contributed by atoms with Gasteiger partial charge in [0.15, 0.2) is 5.69 Å². The summed E-state index contributed by atoms with van der Waals surface area (Å²) in [6.45, 7) is 3.23. The van der Waals surface area contributed by atoms with Gasteiger partial charge in [-0.25, -0.2) is 4.98 Å². The van der Waals surface area contributed by atoms with Crippen molar-refractivity contribution in [2.45, 2.75) is 32.5 Å². The third-order valence-electron chi connectivity index (χ3n) is 4.40. The highest BCUT2D eigenvalue weighted by Crippen LogP contribution is 2.27. The van der Waals surface area contributed by atoms with Gasteiger partial charge in [0.1, 0.15) is 11.9 Å². The molecule has 1 aromatic carbocycles. The highest BCUT2D eigenvalue weighted by molar-refractivity contribution is 6.05. The molecule has 3 aromatic rings. The predicted molar refractivity (Wildman–Crippen MR) is 90.6 cm³/mol. The van der Waals surface area contributed by atoms with Gasteiger partial charge in [0.05, 0.1) is 17.4 Å². The molecule has 0 aliphatic carbocycles. The molecule has 1 atom stereocenters. The Morgan fingerprint density at radius 2 is 2.12 bits per heavy atom. The normalized spacial score (nSPS) is 13.2. The van der Waals surface area contributed by atoms with Gasteiger partial charge < -0.3 is 9.88 Å². The van der Waals surface area contributed by atoms with Crippen LogP contribution in [0.4, 0.5) is 13.2 Å². The lowest BCUT2D eigenvalue weighted by Gasteiger charge is -2.19. The molecule has 2 N–H and O–H groups in total. The minimum Gasteiger partial charge on any atom is -0.339 e. The summed E-state index contributed by atoms with van der Waals surface area (Å²) in [6.07, 6.45) is -3.06. The van der Waals surface area contributed by atoms with Crippen LogP contribution in [0.2, 0.25) is 0 Å². The van der Waals surface area contributed by atoms with Crippen LogP contribution in [-0.4, -0.2) is 37.9 Å². The number of aromatic nitrogens is 4. The molecule has 1 amide bonds. The maximum Gasteiger partial charge on any atom is 0.408 e. The van der Waals surface area contributed by atoms with Gasteiger partial charge in [-0.15, -0.1) is 0 Å². The van der Waals surface area contributed by atoms with E-state index in [2.05, 4.69) is 15.2 Å². The van der Waals surface area contributed by atoms with Crippen LogP contribution in [0.1, 0.15) is 29.7 Å². The molecule has 26 heavy (non-hydrogen) atoms. The summed E-state index contributed by atoms with van der Waals surface area (Å²) in [5.41, 5.74) is 2.12. The number of hydrogen-bond acceptors (Lipinski definition) is 3. The molecule has 3 rings (SSSR count). The number of carbonyl (C=O) groups is 1. The van der Waals surface area contributed by atoms with Crippen molar-refractivity contribution in [2.75, 3.05) is 0 Å². The van der Waals surface area contributed by atoms with Crippen LogP contribution in [0.25, 0.3) is 22.2 Å². The zero-order valence-electron chi connectivity index (χ0n) is 14.5. The van der Waals surface area contributed by atoms with Crippen LogP contribution in [-0.2, 0) is 7.05 Å². The number of carbonyl (C=O) groups excluding carboxylic acids is 1. The molecule has 2 heterocycles. The molecular weight excluding hydrogens is 347 g/mol. The van der Waals surface area contributed by atoms with Crippen molar-refractivity contribution in [1.29, 1.82) is 0 Å². The largest absolute Gasteiger partial charge is 0.408 e. The number of amides is 1. The average molecular weight is 365 g/mol. The number of imidazole rings is 1. The number of nitrogens with one attached hydrogen (secondary N) is 2. The number of nitrogens with zero attached hydrogens (tertiary/aromatic N) is 3. The first-order chi connectivity index (χ1) is 12.2. The molecule has 6 nitrogen and oxygen atoms in total. The Morgan fingerprint density at radius 1 is 1.38 bits per heavy atom. The quantitative estimate of drug-likeness (QED) is 0.745. The molecule has 0 saturated heterocycles. The van der Waals surface area contributed by atoms with Crippen molar-refractivity contribution in [3.63, 3.8) is 0 Å². The highest BCUT2D eigenvalue weighted by atomic mass is 19.4. The van der Waals surface area contributed by atoms with E-state index < -0.39 is 18.1 Å². The molecule has 0 saturated carbocycles. The molecule has 0 fully saturated rings. The predicted octanol–water partition coefficient (Wildman–Crippen LogP) is 3.34. The summed E-state index contributed by atoms with van der Waals surface area (Å²) in [5.74, 6) is -0.0417. The second kappa shape index (κ2) is 6.47. The van der Waals surface area contributed by atoms with Crippen LogP contribution in [0, 0.1) is 6.92 Å². The van der Waals surface area contributed by atoms with Gasteiger partial charge in [0, 0.05) is 18.0 Å². The Morgan fingerprint density at radius 3 is 2.69 bits per heavy atom. The van der Waals surface area contributed by atoms with Gasteiger partial charge in [-0.1, -0.05) is 13.0 Å². The van der Waals surface area contributed by atoms with Crippen LogP contribution in [0.3, 0.4) is 0 Å². The second-order valence-electron chi connectivity index (χ2n) is 6.06. The zero-order valence-corrected chi connectivity index (χ0v) is 14.5. The van der Waals surface area contributed by atoms with E-state index in [1.807, 2.05) is 29.9 Å². The Hall–Kier alpha value is -2.84. The van der Waals surface area contributed by atoms with Crippen LogP contribution in [0.15, 0.2) is 24.4 Å². The van der Waals surface area contributed by atoms with Crippen LogP contribution >= 0.6 is 0 Å². The molecular formula is C17H18F3N5O. The molecule has 138 valence electrons. The monoisotopic (exact) mass is 365 g/mol. The number of aromatic amines is 1. The molecule has 0 aliphatic rings. The average Bonchev–Trinajstić information content (AvgIpc) is 3.15. The van der Waals surface area contributed by atoms with Crippen molar-refractivity contribution >= 4 is 16.8 Å². The maximum atomic E-state index is 12.9. The van der Waals surface area contributed by atoms with Crippen LogP contribution < -0.4 is 5.32 Å². The Bertz CT molecular complexity index is 957. The molecule has 0 unspecified atom stereocenters. The minimum absolute atomic E-state index is 0.0663. The first kappa shape index (κ1) is 18.0. The zero-order chi connectivity index (χ0) is 19.1. The Labute approximate surface area is 147 Å². The Balaban J connectivity index is 1.98. The summed E-state index contributed by atoms with van der Waals surface area (Å²) in [5, 5.41) is 9.05. The van der Waals surface area contributed by atoms with E-state index in [-0.39, 0.29) is 12.1 Å². The molecule has 2 aromatic heterocycles. The van der Waals surface area contributed by atoms with Gasteiger partial charge in [-0.05, 0) is 25.5 Å². The fourth-order valence-electron chi connectivity index (χ4n) is 2.76. The third kappa shape index (κ3) is 3.16. The van der Waals surface area contributed by atoms with E-state index in [4.69, 9.17) is 0 Å². The van der Waals surface area contributed by atoms with Crippen molar-refractivity contribution in [3.8, 4) is 11.3 Å². The number of aryl methyl sites for hydroxylation is 1. The van der Waals surface area contributed by atoms with E-state index in [9.17, 15) is 18.0 Å². The van der Waals surface area contributed by atoms with Gasteiger partial charge >= 0.3 is 6.18 Å². The van der Waals surface area contributed by atoms with Gasteiger partial charge in [-0.3, -0.25) is 9.89 Å². The Kier molecular flexibility index (Phi) is 4.47. The molecule has 0 bridgehead atoms. The SMILES string of the molecule is CC[C@H](NC(=O)c1n[nH]c2ccc(-c3cnc(C)n3C)cc12)C(F)(F)F.